The van der Waals surface area contributed by atoms with Crippen molar-refractivity contribution in [3.05, 3.63) is 20.8 Å². The smallest absolute Gasteiger partial charge is 0.263 e. The van der Waals surface area contributed by atoms with E-state index >= 15 is 0 Å². The SMILES string of the molecule is C#CCNC(=O)CSc1nc2sc3c(c2c(=O)n1C1CCCC1)CC[C@H](C)C3. The van der Waals surface area contributed by atoms with Crippen LogP contribution in [0.4, 0.5) is 0 Å². The summed E-state index contributed by atoms with van der Waals surface area (Å²) in [5.74, 6) is 3.15. The largest absolute Gasteiger partial charge is 0.344 e. The third kappa shape index (κ3) is 3.72. The summed E-state index contributed by atoms with van der Waals surface area (Å²) in [6.07, 6.45) is 12.6. The maximum absolute atomic E-state index is 13.6. The van der Waals surface area contributed by atoms with Crippen LogP contribution in [-0.4, -0.2) is 27.8 Å². The Hall–Kier alpha value is -1.78. The number of aryl methyl sites for hydroxylation is 1. The number of hydrogen-bond acceptors (Lipinski definition) is 5. The maximum Gasteiger partial charge on any atom is 0.263 e. The Morgan fingerprint density at radius 3 is 2.93 bits per heavy atom. The zero-order valence-electron chi connectivity index (χ0n) is 16.1. The van der Waals surface area contributed by atoms with E-state index in [1.54, 1.807) is 11.3 Å². The summed E-state index contributed by atoms with van der Waals surface area (Å²) in [6.45, 7) is 2.49. The molecule has 1 amide bonds. The fraction of sp³-hybridized carbons (Fsp3) is 0.571. The number of carbonyl (C=O) groups is 1. The van der Waals surface area contributed by atoms with Gasteiger partial charge in [0.2, 0.25) is 5.91 Å². The molecule has 1 fully saturated rings. The van der Waals surface area contributed by atoms with Crippen molar-refractivity contribution in [2.45, 2.75) is 63.1 Å². The number of thioether (sulfide) groups is 1. The molecule has 2 heterocycles. The van der Waals surface area contributed by atoms with Crippen molar-refractivity contribution in [1.29, 1.82) is 0 Å². The average Bonchev–Trinajstić information content (AvgIpc) is 3.31. The van der Waals surface area contributed by atoms with Gasteiger partial charge in [0.1, 0.15) is 4.83 Å². The van der Waals surface area contributed by atoms with Crippen molar-refractivity contribution >= 4 is 39.2 Å². The van der Waals surface area contributed by atoms with E-state index in [4.69, 9.17) is 11.4 Å². The Morgan fingerprint density at radius 2 is 2.18 bits per heavy atom. The van der Waals surface area contributed by atoms with Gasteiger partial charge in [-0.25, -0.2) is 4.98 Å². The highest BCUT2D eigenvalue weighted by Crippen LogP contribution is 2.38. The summed E-state index contributed by atoms with van der Waals surface area (Å²) in [7, 11) is 0. The van der Waals surface area contributed by atoms with Gasteiger partial charge in [-0.05, 0) is 43.6 Å². The van der Waals surface area contributed by atoms with Gasteiger partial charge < -0.3 is 5.32 Å². The predicted octanol–water partition coefficient (Wildman–Crippen LogP) is 3.54. The normalized spacial score (nSPS) is 19.5. The van der Waals surface area contributed by atoms with Crippen molar-refractivity contribution in [3.8, 4) is 12.3 Å². The van der Waals surface area contributed by atoms with Crippen LogP contribution < -0.4 is 10.9 Å². The van der Waals surface area contributed by atoms with Gasteiger partial charge in [0.25, 0.3) is 5.56 Å². The summed E-state index contributed by atoms with van der Waals surface area (Å²) in [6, 6.07) is 0.193. The van der Waals surface area contributed by atoms with Crippen LogP contribution in [0.25, 0.3) is 10.2 Å². The van der Waals surface area contributed by atoms with Crippen LogP contribution in [0.15, 0.2) is 9.95 Å². The van der Waals surface area contributed by atoms with Gasteiger partial charge in [-0.1, -0.05) is 37.4 Å². The van der Waals surface area contributed by atoms with Gasteiger partial charge in [0.05, 0.1) is 17.7 Å². The highest BCUT2D eigenvalue weighted by Gasteiger charge is 2.28. The molecule has 2 aromatic rings. The quantitative estimate of drug-likeness (QED) is 0.461. The first-order chi connectivity index (χ1) is 13.6. The molecule has 0 spiro atoms. The molecule has 4 rings (SSSR count). The van der Waals surface area contributed by atoms with Crippen molar-refractivity contribution in [2.75, 3.05) is 12.3 Å². The van der Waals surface area contributed by atoms with Crippen LogP contribution in [0, 0.1) is 18.3 Å². The van der Waals surface area contributed by atoms with Gasteiger partial charge >= 0.3 is 0 Å². The minimum atomic E-state index is -0.130. The Bertz CT molecular complexity index is 996. The minimum absolute atomic E-state index is 0.0930. The van der Waals surface area contributed by atoms with Crippen molar-refractivity contribution in [3.63, 3.8) is 0 Å². The molecule has 2 aliphatic carbocycles. The highest BCUT2D eigenvalue weighted by molar-refractivity contribution is 7.99. The molecule has 148 valence electrons. The van der Waals surface area contributed by atoms with Crippen LogP contribution in [0.1, 0.15) is 55.5 Å². The Labute approximate surface area is 173 Å². The first kappa shape index (κ1) is 19.5. The lowest BCUT2D eigenvalue weighted by molar-refractivity contribution is -0.118. The van der Waals surface area contributed by atoms with Crippen LogP contribution in [0.2, 0.25) is 0 Å². The number of thiophene rings is 1. The maximum atomic E-state index is 13.6. The Kier molecular flexibility index (Phi) is 5.79. The molecule has 0 aliphatic heterocycles. The molecule has 0 radical (unpaired) electrons. The summed E-state index contributed by atoms with van der Waals surface area (Å²) >= 11 is 3.01. The Morgan fingerprint density at radius 1 is 1.39 bits per heavy atom. The first-order valence-electron chi connectivity index (χ1n) is 9.98. The van der Waals surface area contributed by atoms with Gasteiger partial charge in [-0.15, -0.1) is 17.8 Å². The summed E-state index contributed by atoms with van der Waals surface area (Å²) in [5, 5.41) is 4.19. The van der Waals surface area contributed by atoms with Gasteiger partial charge in [0, 0.05) is 10.9 Å². The standard InChI is InChI=1S/C21H25N3O2S2/c1-3-10-22-17(25)12-27-21-23-19-18(15-9-8-13(2)11-16(15)28-19)20(26)24(21)14-6-4-5-7-14/h1,13-14H,4-12H2,2H3,(H,22,25)/t13-/m0/s1. The fourth-order valence-corrected chi connectivity index (χ4v) is 6.62. The van der Waals surface area contributed by atoms with Gasteiger partial charge in [-0.3, -0.25) is 14.2 Å². The van der Waals surface area contributed by atoms with Crippen LogP contribution in [0.3, 0.4) is 0 Å². The molecule has 2 aliphatic rings. The van der Waals surface area contributed by atoms with E-state index < -0.39 is 0 Å². The fourth-order valence-electron chi connectivity index (χ4n) is 4.30. The Balaban J connectivity index is 1.75. The zero-order valence-corrected chi connectivity index (χ0v) is 17.8. The number of aromatic nitrogens is 2. The lowest BCUT2D eigenvalue weighted by Crippen LogP contribution is -2.29. The molecule has 28 heavy (non-hydrogen) atoms. The van der Waals surface area contributed by atoms with Gasteiger partial charge in [0.15, 0.2) is 5.16 Å². The summed E-state index contributed by atoms with van der Waals surface area (Å²) in [5.41, 5.74) is 1.32. The second-order valence-corrected chi connectivity index (χ2v) is 9.84. The third-order valence-electron chi connectivity index (χ3n) is 5.74. The van der Waals surface area contributed by atoms with E-state index in [9.17, 15) is 9.59 Å². The number of rotatable bonds is 5. The van der Waals surface area contributed by atoms with Crippen molar-refractivity contribution in [1.82, 2.24) is 14.9 Å². The van der Waals surface area contributed by atoms with Crippen molar-refractivity contribution in [2.24, 2.45) is 5.92 Å². The van der Waals surface area contributed by atoms with Crippen LogP contribution >= 0.6 is 23.1 Å². The molecule has 1 atom stereocenters. The third-order valence-corrected chi connectivity index (χ3v) is 7.84. The first-order valence-corrected chi connectivity index (χ1v) is 11.8. The lowest BCUT2D eigenvalue weighted by atomic mass is 9.89. The molecule has 0 bridgehead atoms. The van der Waals surface area contributed by atoms with E-state index in [1.807, 2.05) is 4.57 Å². The van der Waals surface area contributed by atoms with E-state index in [0.29, 0.717) is 11.1 Å². The predicted molar refractivity (Wildman–Crippen MR) is 115 cm³/mol. The number of carbonyl (C=O) groups excluding carboxylic acids is 1. The van der Waals surface area contributed by atoms with E-state index in [0.717, 1.165) is 55.2 Å². The lowest BCUT2D eigenvalue weighted by Gasteiger charge is -2.19. The van der Waals surface area contributed by atoms with Crippen LogP contribution in [-0.2, 0) is 17.6 Å². The molecule has 5 nitrogen and oxygen atoms in total. The molecule has 0 aromatic carbocycles. The number of amides is 1. The number of terminal acetylenes is 1. The molecular weight excluding hydrogens is 390 g/mol. The van der Waals surface area contributed by atoms with E-state index in [2.05, 4.69) is 18.2 Å². The summed E-state index contributed by atoms with van der Waals surface area (Å²) in [4.78, 5) is 32.6. The molecule has 0 saturated heterocycles. The minimum Gasteiger partial charge on any atom is -0.344 e. The molecule has 0 unspecified atom stereocenters. The number of nitrogens with zero attached hydrogens (tertiary/aromatic N) is 2. The highest BCUT2D eigenvalue weighted by atomic mass is 32.2. The molecule has 7 heteroatoms. The molecule has 2 aromatic heterocycles. The monoisotopic (exact) mass is 415 g/mol. The second-order valence-electron chi connectivity index (χ2n) is 7.81. The van der Waals surface area contributed by atoms with Crippen LogP contribution in [0.5, 0.6) is 0 Å². The number of hydrogen-bond donors (Lipinski definition) is 1. The van der Waals surface area contributed by atoms with E-state index in [1.165, 1.54) is 22.2 Å². The van der Waals surface area contributed by atoms with Gasteiger partial charge in [-0.2, -0.15) is 0 Å². The van der Waals surface area contributed by atoms with E-state index in [-0.39, 0.29) is 29.8 Å². The molecule has 1 saturated carbocycles. The average molecular weight is 416 g/mol. The second kappa shape index (κ2) is 8.30. The molecular formula is C21H25N3O2S2. The zero-order chi connectivity index (χ0) is 19.7. The molecule has 1 N–H and O–H groups in total. The van der Waals surface area contributed by atoms with Crippen molar-refractivity contribution < 1.29 is 4.79 Å². The number of fused-ring (bicyclic) bond motifs is 3. The topological polar surface area (TPSA) is 64.0 Å². The number of nitrogens with one attached hydrogen (secondary N) is 1. The summed E-state index contributed by atoms with van der Waals surface area (Å²) < 4.78 is 1.89.